The average molecular weight is 445 g/mol. The van der Waals surface area contributed by atoms with Crippen LogP contribution in [0.15, 0.2) is 42.5 Å². The van der Waals surface area contributed by atoms with Gasteiger partial charge in [0, 0.05) is 11.3 Å². The van der Waals surface area contributed by atoms with E-state index in [1.54, 1.807) is 26.0 Å². The molecule has 0 spiro atoms. The summed E-state index contributed by atoms with van der Waals surface area (Å²) in [5, 5.41) is 0.472. The average Bonchev–Trinajstić information content (AvgIpc) is 2.75. The van der Waals surface area contributed by atoms with Gasteiger partial charge in [0.15, 0.2) is 11.4 Å². The third kappa shape index (κ3) is 5.12. The minimum absolute atomic E-state index is 0.0230. The normalized spacial score (nSPS) is 12.0. The van der Waals surface area contributed by atoms with Gasteiger partial charge in [-0.25, -0.2) is 4.79 Å². The van der Waals surface area contributed by atoms with Crippen LogP contribution in [0.5, 0.6) is 5.75 Å². The van der Waals surface area contributed by atoms with Crippen molar-refractivity contribution in [3.63, 3.8) is 0 Å². The largest absolute Gasteiger partial charge is 0.479 e. The van der Waals surface area contributed by atoms with Gasteiger partial charge in [-0.3, -0.25) is 4.79 Å². The highest BCUT2D eigenvalue weighted by Crippen LogP contribution is 2.42. The molecule has 0 fully saturated rings. The molecule has 0 atom stereocenters. The van der Waals surface area contributed by atoms with Gasteiger partial charge in [-0.1, -0.05) is 57.5 Å². The van der Waals surface area contributed by atoms with Crippen LogP contribution in [0.1, 0.15) is 75.9 Å². The molecule has 4 nitrogen and oxygen atoms in total. The Labute approximate surface area is 190 Å². The number of ketones is 1. The van der Waals surface area contributed by atoms with Crippen LogP contribution in [0, 0.1) is 5.92 Å². The molecule has 0 N–H and O–H groups in total. The lowest BCUT2D eigenvalue weighted by Gasteiger charge is -2.34. The summed E-state index contributed by atoms with van der Waals surface area (Å²) in [6.45, 7) is 11.5. The van der Waals surface area contributed by atoms with Crippen LogP contribution in [-0.2, 0) is 14.9 Å². The van der Waals surface area contributed by atoms with Crippen molar-refractivity contribution in [1.29, 1.82) is 0 Å². The Hall–Kier alpha value is -2.33. The predicted octanol–water partition coefficient (Wildman–Crippen LogP) is 6.62. The smallest absolute Gasteiger partial charge is 0.337 e. The maximum Gasteiger partial charge on any atom is 0.337 e. The number of carbonyl (C=O) groups is 2. The lowest BCUT2D eigenvalue weighted by atomic mass is 9.70. The molecule has 0 aliphatic rings. The zero-order chi connectivity index (χ0) is 23.4. The van der Waals surface area contributed by atoms with Crippen molar-refractivity contribution in [3.8, 4) is 5.75 Å². The number of esters is 1. The predicted molar refractivity (Wildman–Crippen MR) is 125 cm³/mol. The number of Topliss-reactive ketones (excluding diaryl/α,β-unsaturated/α-hetero) is 1. The first-order chi connectivity index (χ1) is 14.5. The summed E-state index contributed by atoms with van der Waals surface area (Å²) in [5.74, 6) is 0.0310. The maximum atomic E-state index is 12.5. The highest BCUT2D eigenvalue weighted by Gasteiger charge is 2.34. The Morgan fingerprint density at radius 2 is 1.52 bits per heavy atom. The van der Waals surface area contributed by atoms with E-state index in [0.717, 1.165) is 24.0 Å². The first-order valence-corrected chi connectivity index (χ1v) is 11.1. The van der Waals surface area contributed by atoms with Gasteiger partial charge in [-0.05, 0) is 62.1 Å². The minimum Gasteiger partial charge on any atom is -0.479 e. The van der Waals surface area contributed by atoms with Gasteiger partial charge >= 0.3 is 5.97 Å². The Bertz CT molecular complexity index is 925. The van der Waals surface area contributed by atoms with Crippen LogP contribution in [0.2, 0.25) is 5.02 Å². The van der Waals surface area contributed by atoms with Crippen LogP contribution < -0.4 is 4.74 Å². The van der Waals surface area contributed by atoms with E-state index in [4.69, 9.17) is 21.1 Å². The maximum absolute atomic E-state index is 12.5. The molecule has 31 heavy (non-hydrogen) atoms. The topological polar surface area (TPSA) is 52.6 Å². The zero-order valence-corrected chi connectivity index (χ0v) is 20.3. The van der Waals surface area contributed by atoms with Crippen molar-refractivity contribution in [1.82, 2.24) is 0 Å². The second-order valence-corrected chi connectivity index (χ2v) is 9.04. The third-order valence-electron chi connectivity index (χ3n) is 6.03. The molecular weight excluding hydrogens is 412 g/mol. The highest BCUT2D eigenvalue weighted by molar-refractivity contribution is 6.32. The molecule has 0 aromatic heterocycles. The van der Waals surface area contributed by atoms with Gasteiger partial charge in [0.25, 0.3) is 0 Å². The van der Waals surface area contributed by atoms with E-state index in [1.807, 2.05) is 44.2 Å². The summed E-state index contributed by atoms with van der Waals surface area (Å²) in [5.41, 5.74) is 1.46. The van der Waals surface area contributed by atoms with E-state index in [9.17, 15) is 9.59 Å². The summed E-state index contributed by atoms with van der Waals surface area (Å²) in [6.07, 6.45) is 1.71. The molecule has 0 aliphatic carbocycles. The van der Waals surface area contributed by atoms with E-state index in [0.29, 0.717) is 16.3 Å². The van der Waals surface area contributed by atoms with Crippen molar-refractivity contribution in [3.05, 3.63) is 64.2 Å². The molecule has 0 saturated heterocycles. The van der Waals surface area contributed by atoms with Crippen molar-refractivity contribution in [2.45, 2.75) is 65.4 Å². The molecule has 5 heteroatoms. The molecule has 0 heterocycles. The highest BCUT2D eigenvalue weighted by atomic mass is 35.5. The summed E-state index contributed by atoms with van der Waals surface area (Å²) >= 11 is 6.62. The van der Waals surface area contributed by atoms with Gasteiger partial charge in [-0.2, -0.15) is 0 Å². The first-order valence-electron chi connectivity index (χ1n) is 10.7. The second kappa shape index (κ2) is 9.86. The van der Waals surface area contributed by atoms with E-state index < -0.39 is 5.60 Å². The number of rotatable bonds is 9. The van der Waals surface area contributed by atoms with Crippen molar-refractivity contribution >= 4 is 23.4 Å². The minimum atomic E-state index is -0.963. The fourth-order valence-electron chi connectivity index (χ4n) is 4.18. The molecule has 2 aromatic carbocycles. The number of halogens is 1. The van der Waals surface area contributed by atoms with Gasteiger partial charge in [0.1, 0.15) is 5.75 Å². The number of carbonyl (C=O) groups excluding carboxylic acids is 2. The van der Waals surface area contributed by atoms with Crippen LogP contribution in [0.3, 0.4) is 0 Å². The molecule has 0 bridgehead atoms. The molecule has 0 saturated carbocycles. The number of benzene rings is 2. The quantitative estimate of drug-likeness (QED) is 0.408. The third-order valence-corrected chi connectivity index (χ3v) is 6.33. The SMILES string of the molecule is CCC(CC)(c1ccc(C(=O)OC)cc1)c1ccc(OC(C)(C)C(=O)C(C)C)c(Cl)c1. The standard InChI is InChI=1S/C26H33ClO4/c1-8-26(9-2,19-12-10-18(11-13-19)24(29)30-7)20-14-15-22(21(27)16-20)31-25(5,6)23(28)17(3)4/h10-17H,8-9H2,1-7H3. The Kier molecular flexibility index (Phi) is 7.93. The molecule has 2 rings (SSSR count). The molecular formula is C26H33ClO4. The van der Waals surface area contributed by atoms with Crippen molar-refractivity contribution in [2.24, 2.45) is 5.92 Å². The lowest BCUT2D eigenvalue weighted by molar-refractivity contribution is -0.135. The van der Waals surface area contributed by atoms with Crippen LogP contribution in [0.25, 0.3) is 0 Å². The Morgan fingerprint density at radius 3 is 1.97 bits per heavy atom. The Morgan fingerprint density at radius 1 is 0.968 bits per heavy atom. The van der Waals surface area contributed by atoms with Crippen LogP contribution >= 0.6 is 11.6 Å². The number of hydrogen-bond donors (Lipinski definition) is 0. The molecule has 0 amide bonds. The van der Waals surface area contributed by atoms with Gasteiger partial charge in [0.05, 0.1) is 17.7 Å². The fourth-order valence-corrected chi connectivity index (χ4v) is 4.40. The van der Waals surface area contributed by atoms with E-state index in [1.165, 1.54) is 7.11 Å². The fraction of sp³-hybridized carbons (Fsp3) is 0.462. The second-order valence-electron chi connectivity index (χ2n) is 8.63. The van der Waals surface area contributed by atoms with Crippen molar-refractivity contribution < 1.29 is 19.1 Å². The van der Waals surface area contributed by atoms with Gasteiger partial charge in [0.2, 0.25) is 0 Å². The summed E-state index contributed by atoms with van der Waals surface area (Å²) in [4.78, 5) is 24.3. The van der Waals surface area contributed by atoms with Crippen LogP contribution in [-0.4, -0.2) is 24.5 Å². The summed E-state index contributed by atoms with van der Waals surface area (Å²) < 4.78 is 10.8. The lowest BCUT2D eigenvalue weighted by Crippen LogP contribution is -2.41. The molecule has 0 unspecified atom stereocenters. The van der Waals surface area contributed by atoms with E-state index >= 15 is 0 Å². The van der Waals surface area contributed by atoms with Crippen LogP contribution in [0.4, 0.5) is 0 Å². The number of methoxy groups -OCH3 is 1. The van der Waals surface area contributed by atoms with Gasteiger partial charge in [-0.15, -0.1) is 0 Å². The molecule has 0 aliphatic heterocycles. The monoisotopic (exact) mass is 444 g/mol. The molecule has 0 radical (unpaired) electrons. The Balaban J connectivity index is 2.43. The van der Waals surface area contributed by atoms with E-state index in [2.05, 4.69) is 13.8 Å². The van der Waals surface area contributed by atoms with Crippen molar-refractivity contribution in [2.75, 3.05) is 7.11 Å². The van der Waals surface area contributed by atoms with E-state index in [-0.39, 0.29) is 23.1 Å². The van der Waals surface area contributed by atoms with Gasteiger partial charge < -0.3 is 9.47 Å². The number of hydrogen-bond acceptors (Lipinski definition) is 4. The zero-order valence-electron chi connectivity index (χ0n) is 19.5. The number of ether oxygens (including phenoxy) is 2. The summed E-state index contributed by atoms with van der Waals surface area (Å²) in [6, 6.07) is 13.3. The summed E-state index contributed by atoms with van der Waals surface area (Å²) in [7, 11) is 1.38. The first kappa shape index (κ1) is 24.9. The molecule has 2 aromatic rings. The molecule has 168 valence electrons.